The second kappa shape index (κ2) is 11.8. The Morgan fingerprint density at radius 3 is 2.67 bits per heavy atom. The lowest BCUT2D eigenvalue weighted by Gasteiger charge is -2.37. The van der Waals surface area contributed by atoms with E-state index >= 15 is 0 Å². The molecule has 5 rings (SSSR count). The Balaban J connectivity index is 1.35. The van der Waals surface area contributed by atoms with Crippen LogP contribution in [-0.2, 0) is 4.79 Å². The Kier molecular flexibility index (Phi) is 8.07. The number of halogens is 1. The number of hydrogen-bond acceptors (Lipinski definition) is 7. The molecule has 0 saturated carbocycles. The molecule has 0 radical (unpaired) electrons. The van der Waals surface area contributed by atoms with Crippen LogP contribution < -0.4 is 16.0 Å². The van der Waals surface area contributed by atoms with E-state index in [0.29, 0.717) is 17.5 Å². The lowest BCUT2D eigenvalue weighted by atomic mass is 10.0. The minimum absolute atomic E-state index is 0.325. The van der Waals surface area contributed by atoms with Gasteiger partial charge in [-0.05, 0) is 48.4 Å². The van der Waals surface area contributed by atoms with Gasteiger partial charge in [0.1, 0.15) is 0 Å². The number of primary amides is 1. The number of fused-ring (bicyclic) bond motifs is 1. The molecule has 8 nitrogen and oxygen atoms in total. The fourth-order valence-corrected chi connectivity index (χ4v) is 5.15. The number of rotatable bonds is 8. The van der Waals surface area contributed by atoms with Gasteiger partial charge in [0.25, 0.3) is 0 Å². The number of carbonyl (C=O) groups excluding carboxylic acids is 1. The van der Waals surface area contributed by atoms with Gasteiger partial charge in [-0.3, -0.25) is 9.69 Å². The Morgan fingerprint density at radius 1 is 1.13 bits per heavy atom. The van der Waals surface area contributed by atoms with Crippen molar-refractivity contribution >= 4 is 51.8 Å². The molecule has 1 aliphatic rings. The highest BCUT2D eigenvalue weighted by atomic mass is 35.5. The monoisotopic (exact) mass is 542 g/mol. The number of β-amino-alcohol motifs (C(OH)–C–C–N with tert-alkyl or cyclic N) is 1. The van der Waals surface area contributed by atoms with Gasteiger partial charge >= 0.3 is 0 Å². The van der Waals surface area contributed by atoms with Crippen molar-refractivity contribution in [1.29, 1.82) is 0 Å². The van der Waals surface area contributed by atoms with Crippen LogP contribution in [0.5, 0.6) is 0 Å². The SMILES string of the molecule is CC(O)CN1CCN(c2ccc(Nc3ncc4cccc(-c5cccc(C=CC(N)=O)c5)c4n3)cc2Cl)CC1. The van der Waals surface area contributed by atoms with E-state index in [1.54, 1.807) is 12.3 Å². The summed E-state index contributed by atoms with van der Waals surface area (Å²) >= 11 is 6.70. The van der Waals surface area contributed by atoms with Gasteiger partial charge in [-0.2, -0.15) is 0 Å². The van der Waals surface area contributed by atoms with Gasteiger partial charge in [-0.1, -0.05) is 48.0 Å². The van der Waals surface area contributed by atoms with Crippen LogP contribution >= 0.6 is 11.6 Å². The maximum atomic E-state index is 11.1. The van der Waals surface area contributed by atoms with Crippen molar-refractivity contribution in [2.45, 2.75) is 13.0 Å². The average Bonchev–Trinajstić information content (AvgIpc) is 2.92. The summed E-state index contributed by atoms with van der Waals surface area (Å²) in [4.78, 5) is 25.0. The number of amides is 1. The molecule has 200 valence electrons. The molecule has 1 fully saturated rings. The summed E-state index contributed by atoms with van der Waals surface area (Å²) in [6, 6.07) is 19.7. The Morgan fingerprint density at radius 2 is 1.92 bits per heavy atom. The number of hydrogen-bond donors (Lipinski definition) is 3. The first-order chi connectivity index (χ1) is 18.9. The van der Waals surface area contributed by atoms with Crippen LogP contribution in [0.25, 0.3) is 28.1 Å². The molecule has 39 heavy (non-hydrogen) atoms. The van der Waals surface area contributed by atoms with Gasteiger partial charge in [0.2, 0.25) is 11.9 Å². The third kappa shape index (κ3) is 6.54. The van der Waals surface area contributed by atoms with Crippen molar-refractivity contribution in [2.24, 2.45) is 5.73 Å². The van der Waals surface area contributed by atoms with Gasteiger partial charge in [-0.15, -0.1) is 0 Å². The largest absolute Gasteiger partial charge is 0.392 e. The molecule has 3 aromatic carbocycles. The summed E-state index contributed by atoms with van der Waals surface area (Å²) in [5, 5.41) is 14.5. The molecule has 2 heterocycles. The molecule has 1 aliphatic heterocycles. The number of aliphatic hydroxyl groups is 1. The maximum Gasteiger partial charge on any atom is 0.241 e. The third-order valence-corrected chi connectivity index (χ3v) is 6.99. The molecule has 0 spiro atoms. The molecule has 0 aliphatic carbocycles. The van der Waals surface area contributed by atoms with Gasteiger partial charge in [0.05, 0.1) is 22.3 Å². The number of nitrogens with two attached hydrogens (primary N) is 1. The average molecular weight is 543 g/mol. The van der Waals surface area contributed by atoms with Crippen LogP contribution in [0, 0.1) is 0 Å². The van der Waals surface area contributed by atoms with Crippen molar-refractivity contribution in [3.05, 3.63) is 83.5 Å². The van der Waals surface area contributed by atoms with E-state index in [1.165, 1.54) is 6.08 Å². The first-order valence-electron chi connectivity index (χ1n) is 12.9. The predicted molar refractivity (Wildman–Crippen MR) is 158 cm³/mol. The molecule has 1 unspecified atom stereocenters. The van der Waals surface area contributed by atoms with Crippen LogP contribution in [0.15, 0.2) is 72.9 Å². The van der Waals surface area contributed by atoms with Crippen molar-refractivity contribution in [3.8, 4) is 11.1 Å². The zero-order valence-electron chi connectivity index (χ0n) is 21.7. The van der Waals surface area contributed by atoms with Crippen LogP contribution in [-0.4, -0.2) is 64.7 Å². The Bertz CT molecular complexity index is 1510. The van der Waals surface area contributed by atoms with Crippen molar-refractivity contribution < 1.29 is 9.90 Å². The van der Waals surface area contributed by atoms with E-state index in [0.717, 1.165) is 65.1 Å². The number of anilines is 3. The summed E-state index contributed by atoms with van der Waals surface area (Å²) in [5.41, 5.74) is 10.6. The quantitative estimate of drug-likeness (QED) is 0.277. The highest BCUT2D eigenvalue weighted by molar-refractivity contribution is 6.33. The fourth-order valence-electron chi connectivity index (χ4n) is 4.85. The number of para-hydroxylation sites is 1. The molecule has 1 atom stereocenters. The van der Waals surface area contributed by atoms with Gasteiger partial charge in [0, 0.05) is 61.6 Å². The summed E-state index contributed by atoms with van der Waals surface area (Å²) in [5.74, 6) is -0.0206. The number of aromatic nitrogens is 2. The van der Waals surface area contributed by atoms with Crippen molar-refractivity contribution in [2.75, 3.05) is 42.9 Å². The van der Waals surface area contributed by atoms with Crippen LogP contribution in [0.3, 0.4) is 0 Å². The minimum Gasteiger partial charge on any atom is -0.392 e. The summed E-state index contributed by atoms with van der Waals surface area (Å²) in [6.07, 6.45) is 4.52. The van der Waals surface area contributed by atoms with Gasteiger partial charge in [-0.25, -0.2) is 9.97 Å². The number of benzene rings is 3. The Hall–Kier alpha value is -3.98. The second-order valence-corrected chi connectivity index (χ2v) is 10.1. The number of aliphatic hydroxyl groups excluding tert-OH is 1. The van der Waals surface area contributed by atoms with E-state index in [4.69, 9.17) is 22.3 Å². The van der Waals surface area contributed by atoms with Crippen molar-refractivity contribution in [3.63, 3.8) is 0 Å². The lowest BCUT2D eigenvalue weighted by molar-refractivity contribution is -0.113. The lowest BCUT2D eigenvalue weighted by Crippen LogP contribution is -2.48. The molecule has 4 N–H and O–H groups in total. The molecular weight excluding hydrogens is 512 g/mol. The fraction of sp³-hybridized carbons (Fsp3) is 0.233. The van der Waals surface area contributed by atoms with Crippen LogP contribution in [0.1, 0.15) is 12.5 Å². The summed E-state index contributed by atoms with van der Waals surface area (Å²) in [7, 11) is 0. The Labute approximate surface area is 232 Å². The highest BCUT2D eigenvalue weighted by Crippen LogP contribution is 2.32. The van der Waals surface area contributed by atoms with Gasteiger partial charge < -0.3 is 21.1 Å². The van der Waals surface area contributed by atoms with Crippen LogP contribution in [0.4, 0.5) is 17.3 Å². The highest BCUT2D eigenvalue weighted by Gasteiger charge is 2.20. The molecule has 4 aromatic rings. The number of carbonyl (C=O) groups is 1. The normalized spacial score (nSPS) is 15.1. The zero-order valence-corrected chi connectivity index (χ0v) is 22.5. The number of piperazine rings is 1. The second-order valence-electron chi connectivity index (χ2n) is 9.73. The summed E-state index contributed by atoms with van der Waals surface area (Å²) < 4.78 is 0. The summed E-state index contributed by atoms with van der Waals surface area (Å²) in [6.45, 7) is 6.00. The van der Waals surface area contributed by atoms with E-state index in [2.05, 4.69) is 20.1 Å². The molecule has 1 aromatic heterocycles. The van der Waals surface area contributed by atoms with Gasteiger partial charge in [0.15, 0.2) is 0 Å². The first-order valence-corrected chi connectivity index (χ1v) is 13.3. The number of nitrogens with zero attached hydrogens (tertiary/aromatic N) is 4. The molecule has 0 bridgehead atoms. The minimum atomic E-state index is -0.488. The first kappa shape index (κ1) is 26.6. The van der Waals surface area contributed by atoms with E-state index in [9.17, 15) is 9.90 Å². The number of nitrogens with one attached hydrogen (secondary N) is 1. The molecule has 1 saturated heterocycles. The van der Waals surface area contributed by atoms with E-state index in [1.807, 2.05) is 67.6 Å². The van der Waals surface area contributed by atoms with E-state index < -0.39 is 5.91 Å². The van der Waals surface area contributed by atoms with Crippen molar-refractivity contribution in [1.82, 2.24) is 14.9 Å². The maximum absolute atomic E-state index is 11.1. The molecule has 1 amide bonds. The zero-order chi connectivity index (χ0) is 27.4. The molecule has 9 heteroatoms. The van der Waals surface area contributed by atoms with Crippen LogP contribution in [0.2, 0.25) is 5.02 Å². The molecular formula is C30H31ClN6O2. The van der Waals surface area contributed by atoms with E-state index in [-0.39, 0.29) is 6.10 Å². The predicted octanol–water partition coefficient (Wildman–Crippen LogP) is 4.70. The topological polar surface area (TPSA) is 108 Å². The standard InChI is InChI=1S/C30H31ClN6O2/c1-20(38)19-36-12-14-37(15-13-36)27-10-9-24(17-26(27)31)34-30-33-18-23-6-3-7-25(29(23)35-30)22-5-2-4-21(16-22)8-11-28(32)39/h2-11,16-18,20,38H,12-15,19H2,1H3,(H2,32,39)(H,33,34,35). The third-order valence-electron chi connectivity index (χ3n) is 6.69. The smallest absolute Gasteiger partial charge is 0.241 e.